The van der Waals surface area contributed by atoms with E-state index in [1.54, 1.807) is 30.3 Å². The van der Waals surface area contributed by atoms with Crippen LogP contribution in [0.1, 0.15) is 16.6 Å². The van der Waals surface area contributed by atoms with Gasteiger partial charge in [-0.1, -0.05) is 18.2 Å². The molecule has 10 heteroatoms. The molecule has 0 aliphatic carbocycles. The molecule has 0 radical (unpaired) electrons. The highest BCUT2D eigenvalue weighted by Gasteiger charge is 2.45. The zero-order chi connectivity index (χ0) is 18.0. The molecule has 1 aromatic carbocycles. The molecule has 1 aliphatic rings. The van der Waals surface area contributed by atoms with Crippen LogP contribution in [0, 0.1) is 0 Å². The minimum absolute atomic E-state index is 0.325. The summed E-state index contributed by atoms with van der Waals surface area (Å²) < 4.78 is 11.1. The first kappa shape index (κ1) is 17.0. The lowest BCUT2D eigenvalue weighted by Crippen LogP contribution is -2.39. The van der Waals surface area contributed by atoms with Crippen LogP contribution < -0.4 is 11.2 Å². The Hall–Kier alpha value is -2.82. The Morgan fingerprint density at radius 2 is 1.96 bits per heavy atom. The fourth-order valence-corrected chi connectivity index (χ4v) is 2.43. The van der Waals surface area contributed by atoms with Gasteiger partial charge in [0.1, 0.15) is 31.1 Å². The molecule has 10 nitrogen and oxygen atoms in total. The fraction of sp³-hybridized carbons (Fsp3) is 0.333. The summed E-state index contributed by atoms with van der Waals surface area (Å²) in [6, 6.07) is 8.22. The van der Waals surface area contributed by atoms with Crippen LogP contribution in [0.15, 0.2) is 46.1 Å². The van der Waals surface area contributed by atoms with Crippen LogP contribution in [0.4, 0.5) is 0 Å². The van der Waals surface area contributed by atoms with Crippen LogP contribution in [-0.4, -0.2) is 55.9 Å². The van der Waals surface area contributed by atoms with Gasteiger partial charge in [0.15, 0.2) is 6.23 Å². The van der Waals surface area contributed by atoms with Crippen molar-refractivity contribution >= 4 is 5.97 Å². The predicted octanol–water partition coefficient (Wildman–Crippen LogP) is -1.59. The SMILES string of the molecule is O=C(OC[C@H]1O[C@@H](n2ncc(=O)[nH]c2=O)[C@H](O)[C@@H]1O)c1ccccc1. The van der Waals surface area contributed by atoms with Crippen molar-refractivity contribution in [3.05, 3.63) is 62.9 Å². The number of hydrogen-bond acceptors (Lipinski definition) is 8. The van der Waals surface area contributed by atoms with Crippen LogP contribution >= 0.6 is 0 Å². The lowest BCUT2D eigenvalue weighted by Gasteiger charge is -2.15. The minimum Gasteiger partial charge on any atom is -0.459 e. The molecular weight excluding hydrogens is 334 g/mol. The van der Waals surface area contributed by atoms with Crippen molar-refractivity contribution in [3.8, 4) is 0 Å². The van der Waals surface area contributed by atoms with E-state index >= 15 is 0 Å². The number of hydrogen-bond donors (Lipinski definition) is 3. The summed E-state index contributed by atoms with van der Waals surface area (Å²) >= 11 is 0. The third kappa shape index (κ3) is 3.50. The third-order valence-corrected chi connectivity index (χ3v) is 3.70. The van der Waals surface area contributed by atoms with Gasteiger partial charge in [0.2, 0.25) is 0 Å². The summed E-state index contributed by atoms with van der Waals surface area (Å²) in [5.74, 6) is -0.617. The van der Waals surface area contributed by atoms with E-state index in [-0.39, 0.29) is 6.61 Å². The van der Waals surface area contributed by atoms with Crippen LogP contribution in [0.25, 0.3) is 0 Å². The van der Waals surface area contributed by atoms with E-state index in [4.69, 9.17) is 9.47 Å². The average molecular weight is 349 g/mol. The van der Waals surface area contributed by atoms with Gasteiger partial charge in [-0.05, 0) is 12.1 Å². The van der Waals surface area contributed by atoms with E-state index in [9.17, 15) is 24.6 Å². The number of rotatable bonds is 4. The number of benzene rings is 1. The number of nitrogens with zero attached hydrogens (tertiary/aromatic N) is 2. The van der Waals surface area contributed by atoms with Gasteiger partial charge in [-0.2, -0.15) is 9.78 Å². The highest BCUT2D eigenvalue weighted by Crippen LogP contribution is 2.28. The average Bonchev–Trinajstić information content (AvgIpc) is 2.89. The van der Waals surface area contributed by atoms with Gasteiger partial charge in [-0.15, -0.1) is 0 Å². The maximum Gasteiger partial charge on any atom is 0.347 e. The quantitative estimate of drug-likeness (QED) is 0.560. The minimum atomic E-state index is -1.49. The van der Waals surface area contributed by atoms with Crippen molar-refractivity contribution in [3.63, 3.8) is 0 Å². The van der Waals surface area contributed by atoms with Gasteiger partial charge in [0.25, 0.3) is 5.56 Å². The van der Waals surface area contributed by atoms with E-state index in [1.165, 1.54) is 0 Å². The molecule has 1 aromatic heterocycles. The first-order valence-electron chi connectivity index (χ1n) is 7.39. The molecule has 0 amide bonds. The lowest BCUT2D eigenvalue weighted by molar-refractivity contribution is -0.0658. The molecule has 0 spiro atoms. The molecule has 0 saturated carbocycles. The van der Waals surface area contributed by atoms with E-state index in [0.717, 1.165) is 6.20 Å². The van der Waals surface area contributed by atoms with Crippen molar-refractivity contribution in [1.29, 1.82) is 0 Å². The first-order valence-corrected chi connectivity index (χ1v) is 7.39. The lowest BCUT2D eigenvalue weighted by atomic mass is 10.1. The van der Waals surface area contributed by atoms with Crippen LogP contribution in [-0.2, 0) is 9.47 Å². The number of aliphatic hydroxyl groups is 2. The van der Waals surface area contributed by atoms with E-state index < -0.39 is 41.8 Å². The number of aliphatic hydroxyl groups excluding tert-OH is 2. The molecule has 0 unspecified atom stereocenters. The van der Waals surface area contributed by atoms with Gasteiger partial charge >= 0.3 is 11.7 Å². The Kier molecular flexibility index (Phi) is 4.74. The first-order chi connectivity index (χ1) is 12.0. The topological polar surface area (TPSA) is 144 Å². The Morgan fingerprint density at radius 1 is 1.24 bits per heavy atom. The molecule has 2 heterocycles. The molecule has 3 N–H and O–H groups in total. The summed E-state index contributed by atoms with van der Waals surface area (Å²) in [5, 5.41) is 23.7. The number of H-pyrrole nitrogens is 1. The molecule has 4 atom stereocenters. The Morgan fingerprint density at radius 3 is 2.64 bits per heavy atom. The second kappa shape index (κ2) is 6.97. The number of nitrogens with one attached hydrogen (secondary N) is 1. The number of esters is 1. The smallest absolute Gasteiger partial charge is 0.347 e. The van der Waals surface area contributed by atoms with Crippen molar-refractivity contribution in [2.45, 2.75) is 24.5 Å². The molecule has 1 aliphatic heterocycles. The molecule has 2 aromatic rings. The van der Waals surface area contributed by atoms with Crippen molar-refractivity contribution < 1.29 is 24.5 Å². The number of aromatic nitrogens is 3. The van der Waals surface area contributed by atoms with Crippen molar-refractivity contribution in [2.75, 3.05) is 6.61 Å². The van der Waals surface area contributed by atoms with E-state index in [1.807, 2.05) is 4.98 Å². The summed E-state index contributed by atoms with van der Waals surface area (Å²) in [6.07, 6.45) is -4.44. The van der Waals surface area contributed by atoms with Crippen molar-refractivity contribution in [2.24, 2.45) is 0 Å². The van der Waals surface area contributed by atoms with Crippen LogP contribution in [0.5, 0.6) is 0 Å². The Bertz CT molecular complexity index is 863. The molecule has 0 bridgehead atoms. The second-order valence-electron chi connectivity index (χ2n) is 5.39. The summed E-state index contributed by atoms with van der Waals surface area (Å²) in [5.41, 5.74) is -1.28. The monoisotopic (exact) mass is 349 g/mol. The number of ether oxygens (including phenoxy) is 2. The summed E-state index contributed by atoms with van der Waals surface area (Å²) in [7, 11) is 0. The standard InChI is InChI=1S/C15H15N3O7/c19-10-6-16-18(15(23)17-10)13-12(21)11(20)9(25-13)7-24-14(22)8-4-2-1-3-5-8/h1-6,9,11-13,20-21H,7H2,(H,17,19,23)/t9-,11-,12-,13-/m1/s1. The van der Waals surface area contributed by atoms with Gasteiger partial charge < -0.3 is 19.7 Å². The number of aromatic amines is 1. The zero-order valence-corrected chi connectivity index (χ0v) is 12.8. The largest absolute Gasteiger partial charge is 0.459 e. The zero-order valence-electron chi connectivity index (χ0n) is 12.8. The molecule has 3 rings (SSSR count). The molecular formula is C15H15N3O7. The molecule has 1 fully saturated rings. The predicted molar refractivity (Wildman–Crippen MR) is 81.8 cm³/mol. The van der Waals surface area contributed by atoms with E-state index in [0.29, 0.717) is 10.2 Å². The highest BCUT2D eigenvalue weighted by molar-refractivity contribution is 5.89. The maximum absolute atomic E-state index is 11.9. The van der Waals surface area contributed by atoms with Crippen LogP contribution in [0.3, 0.4) is 0 Å². The van der Waals surface area contributed by atoms with Crippen molar-refractivity contribution in [1.82, 2.24) is 14.8 Å². The summed E-state index contributed by atoms with van der Waals surface area (Å²) in [6.45, 7) is -0.333. The van der Waals surface area contributed by atoms with Gasteiger partial charge in [-0.3, -0.25) is 9.78 Å². The maximum atomic E-state index is 11.9. The molecule has 1 saturated heterocycles. The second-order valence-corrected chi connectivity index (χ2v) is 5.39. The highest BCUT2D eigenvalue weighted by atomic mass is 16.6. The molecule has 132 valence electrons. The molecule has 25 heavy (non-hydrogen) atoms. The van der Waals surface area contributed by atoms with Gasteiger partial charge in [-0.25, -0.2) is 9.59 Å². The third-order valence-electron chi connectivity index (χ3n) is 3.70. The number of carbonyl (C=O) groups excluding carboxylic acids is 1. The van der Waals surface area contributed by atoms with Gasteiger partial charge in [0.05, 0.1) is 5.56 Å². The number of carbonyl (C=O) groups is 1. The van der Waals surface area contributed by atoms with Crippen LogP contribution in [0.2, 0.25) is 0 Å². The fourth-order valence-electron chi connectivity index (χ4n) is 2.43. The Balaban J connectivity index is 1.69. The van der Waals surface area contributed by atoms with E-state index in [2.05, 4.69) is 5.10 Å². The normalized spacial score (nSPS) is 25.7. The van der Waals surface area contributed by atoms with Gasteiger partial charge in [0, 0.05) is 0 Å². The summed E-state index contributed by atoms with van der Waals surface area (Å²) in [4.78, 5) is 36.6. The Labute approximate surface area is 140 Å².